The van der Waals surface area contributed by atoms with Gasteiger partial charge in [0, 0.05) is 16.9 Å². The second-order valence-electron chi connectivity index (χ2n) is 5.91. The summed E-state index contributed by atoms with van der Waals surface area (Å²) in [5.41, 5.74) is 3.55. The van der Waals surface area contributed by atoms with Crippen molar-refractivity contribution in [2.75, 3.05) is 5.32 Å². The molecule has 0 fully saturated rings. The molecule has 0 saturated carbocycles. The average Bonchev–Trinajstić information content (AvgIpc) is 3.16. The number of benzene rings is 1. The summed E-state index contributed by atoms with van der Waals surface area (Å²) in [6, 6.07) is 14.0. The molecule has 6 nitrogen and oxygen atoms in total. The topological polar surface area (TPSA) is 84.2 Å². The van der Waals surface area contributed by atoms with Crippen molar-refractivity contribution in [1.29, 1.82) is 0 Å². The van der Waals surface area contributed by atoms with Crippen molar-refractivity contribution >= 4 is 17.5 Å². The normalized spacial score (nSPS) is 10.4. The SMILES string of the molecule is Cc1cccc(CNC(=O)c2ccc(C)c(NC(=O)c3ccco3)c2)n1. The van der Waals surface area contributed by atoms with E-state index < -0.39 is 0 Å². The maximum atomic E-state index is 12.4. The number of furan rings is 1. The Balaban J connectivity index is 1.70. The molecule has 1 aromatic carbocycles. The number of aryl methyl sites for hydroxylation is 2. The van der Waals surface area contributed by atoms with Gasteiger partial charge in [-0.1, -0.05) is 12.1 Å². The Morgan fingerprint density at radius 3 is 2.62 bits per heavy atom. The minimum Gasteiger partial charge on any atom is -0.459 e. The van der Waals surface area contributed by atoms with E-state index in [0.717, 1.165) is 17.0 Å². The van der Waals surface area contributed by atoms with E-state index in [1.165, 1.54) is 6.26 Å². The second-order valence-corrected chi connectivity index (χ2v) is 5.91. The summed E-state index contributed by atoms with van der Waals surface area (Å²) < 4.78 is 5.08. The van der Waals surface area contributed by atoms with Crippen LogP contribution in [0.4, 0.5) is 5.69 Å². The van der Waals surface area contributed by atoms with Gasteiger partial charge in [-0.3, -0.25) is 14.6 Å². The molecule has 3 rings (SSSR count). The lowest BCUT2D eigenvalue weighted by atomic mass is 10.1. The molecule has 0 spiro atoms. The zero-order valence-electron chi connectivity index (χ0n) is 14.6. The van der Waals surface area contributed by atoms with Crippen molar-refractivity contribution in [2.45, 2.75) is 20.4 Å². The van der Waals surface area contributed by atoms with Crippen molar-refractivity contribution < 1.29 is 14.0 Å². The molecule has 0 radical (unpaired) electrons. The number of anilines is 1. The number of hydrogen-bond acceptors (Lipinski definition) is 4. The molecule has 0 bridgehead atoms. The highest BCUT2D eigenvalue weighted by molar-refractivity contribution is 6.03. The monoisotopic (exact) mass is 349 g/mol. The Morgan fingerprint density at radius 1 is 1.04 bits per heavy atom. The van der Waals surface area contributed by atoms with Gasteiger partial charge in [0.25, 0.3) is 11.8 Å². The fraction of sp³-hybridized carbons (Fsp3) is 0.150. The van der Waals surface area contributed by atoms with Gasteiger partial charge in [0.15, 0.2) is 5.76 Å². The molecule has 0 aliphatic rings. The van der Waals surface area contributed by atoms with Crippen LogP contribution in [0.25, 0.3) is 0 Å². The summed E-state index contributed by atoms with van der Waals surface area (Å²) in [4.78, 5) is 28.9. The van der Waals surface area contributed by atoms with Gasteiger partial charge in [0.1, 0.15) is 0 Å². The lowest BCUT2D eigenvalue weighted by molar-refractivity contribution is 0.0948. The number of aromatic nitrogens is 1. The van der Waals surface area contributed by atoms with E-state index in [4.69, 9.17) is 4.42 Å². The maximum absolute atomic E-state index is 12.4. The Hall–Kier alpha value is -3.41. The van der Waals surface area contributed by atoms with Gasteiger partial charge >= 0.3 is 0 Å². The summed E-state index contributed by atoms with van der Waals surface area (Å²) in [6.07, 6.45) is 1.44. The Kier molecular flexibility index (Phi) is 5.12. The van der Waals surface area contributed by atoms with Crippen molar-refractivity contribution in [1.82, 2.24) is 10.3 Å². The summed E-state index contributed by atoms with van der Waals surface area (Å²) in [5.74, 6) is -0.383. The fourth-order valence-corrected chi connectivity index (χ4v) is 2.46. The highest BCUT2D eigenvalue weighted by Crippen LogP contribution is 2.18. The summed E-state index contributed by atoms with van der Waals surface area (Å²) in [5, 5.41) is 5.60. The minimum absolute atomic E-state index is 0.213. The lowest BCUT2D eigenvalue weighted by Crippen LogP contribution is -2.23. The zero-order chi connectivity index (χ0) is 18.5. The van der Waals surface area contributed by atoms with Gasteiger partial charge in [0.2, 0.25) is 0 Å². The third-order valence-electron chi connectivity index (χ3n) is 3.87. The van der Waals surface area contributed by atoms with Crippen molar-refractivity contribution in [3.05, 3.63) is 83.1 Å². The molecule has 26 heavy (non-hydrogen) atoms. The van der Waals surface area contributed by atoms with Gasteiger partial charge in [-0.2, -0.15) is 0 Å². The average molecular weight is 349 g/mol. The van der Waals surface area contributed by atoms with Crippen molar-refractivity contribution in [3.63, 3.8) is 0 Å². The Bertz CT molecular complexity index is 933. The van der Waals surface area contributed by atoms with Gasteiger partial charge in [-0.25, -0.2) is 0 Å². The molecule has 6 heteroatoms. The lowest BCUT2D eigenvalue weighted by Gasteiger charge is -2.10. The molecule has 0 atom stereocenters. The van der Waals surface area contributed by atoms with E-state index in [1.54, 1.807) is 30.3 Å². The number of carbonyl (C=O) groups excluding carboxylic acids is 2. The summed E-state index contributed by atoms with van der Waals surface area (Å²) in [6.45, 7) is 4.10. The number of carbonyl (C=O) groups is 2. The Labute approximate surface area is 151 Å². The van der Waals surface area contributed by atoms with E-state index in [2.05, 4.69) is 15.6 Å². The van der Waals surface area contributed by atoms with Crippen LogP contribution in [0.2, 0.25) is 0 Å². The third kappa shape index (κ3) is 4.16. The van der Waals surface area contributed by atoms with Crippen LogP contribution in [0.15, 0.2) is 59.2 Å². The van der Waals surface area contributed by atoms with E-state index in [-0.39, 0.29) is 17.6 Å². The molecule has 132 valence electrons. The molecular formula is C20H19N3O3. The van der Waals surface area contributed by atoms with Crippen LogP contribution >= 0.6 is 0 Å². The summed E-state index contributed by atoms with van der Waals surface area (Å²) in [7, 11) is 0. The van der Waals surface area contributed by atoms with E-state index in [9.17, 15) is 9.59 Å². The molecule has 2 amide bonds. The van der Waals surface area contributed by atoms with E-state index >= 15 is 0 Å². The van der Waals surface area contributed by atoms with Gasteiger partial charge in [-0.15, -0.1) is 0 Å². The van der Waals surface area contributed by atoms with Gasteiger partial charge in [-0.05, 0) is 55.8 Å². The summed E-state index contributed by atoms with van der Waals surface area (Å²) >= 11 is 0. The highest BCUT2D eigenvalue weighted by Gasteiger charge is 2.13. The van der Waals surface area contributed by atoms with Crippen LogP contribution in [0, 0.1) is 13.8 Å². The molecule has 0 aliphatic heterocycles. The molecule has 0 aliphatic carbocycles. The number of amides is 2. The molecular weight excluding hydrogens is 330 g/mol. The van der Waals surface area contributed by atoms with Crippen LogP contribution < -0.4 is 10.6 Å². The molecule has 2 N–H and O–H groups in total. The molecule has 2 aromatic heterocycles. The first-order valence-electron chi connectivity index (χ1n) is 8.19. The Morgan fingerprint density at radius 2 is 1.88 bits per heavy atom. The second kappa shape index (κ2) is 7.65. The number of nitrogens with one attached hydrogen (secondary N) is 2. The van der Waals surface area contributed by atoms with Crippen LogP contribution in [-0.4, -0.2) is 16.8 Å². The first kappa shape index (κ1) is 17.4. The van der Waals surface area contributed by atoms with E-state index in [0.29, 0.717) is 17.8 Å². The highest BCUT2D eigenvalue weighted by atomic mass is 16.3. The first-order valence-corrected chi connectivity index (χ1v) is 8.19. The third-order valence-corrected chi connectivity index (χ3v) is 3.87. The van der Waals surface area contributed by atoms with Crippen LogP contribution in [0.1, 0.15) is 37.9 Å². The standard InChI is InChI=1S/C20H19N3O3/c1-13-8-9-15(11-17(13)23-20(25)18-7-4-10-26-18)19(24)21-12-16-6-3-5-14(2)22-16/h3-11H,12H2,1-2H3,(H,21,24)(H,23,25). The van der Waals surface area contributed by atoms with Gasteiger partial charge < -0.3 is 15.1 Å². The number of hydrogen-bond donors (Lipinski definition) is 2. The molecule has 2 heterocycles. The van der Waals surface area contributed by atoms with Crippen molar-refractivity contribution in [2.24, 2.45) is 0 Å². The van der Waals surface area contributed by atoms with E-state index in [1.807, 2.05) is 32.0 Å². The maximum Gasteiger partial charge on any atom is 0.291 e. The van der Waals surface area contributed by atoms with Crippen LogP contribution in [0.5, 0.6) is 0 Å². The smallest absolute Gasteiger partial charge is 0.291 e. The molecule has 0 unspecified atom stereocenters. The molecule has 3 aromatic rings. The number of rotatable bonds is 5. The predicted octanol–water partition coefficient (Wildman–Crippen LogP) is 3.47. The largest absolute Gasteiger partial charge is 0.459 e. The minimum atomic E-state index is -0.361. The van der Waals surface area contributed by atoms with Crippen molar-refractivity contribution in [3.8, 4) is 0 Å². The number of nitrogens with zero attached hydrogens (tertiary/aromatic N) is 1. The number of pyridine rings is 1. The molecule has 0 saturated heterocycles. The fourth-order valence-electron chi connectivity index (χ4n) is 2.46. The van der Waals surface area contributed by atoms with Crippen LogP contribution in [-0.2, 0) is 6.54 Å². The predicted molar refractivity (Wildman–Crippen MR) is 98.0 cm³/mol. The quantitative estimate of drug-likeness (QED) is 0.739. The van der Waals surface area contributed by atoms with Crippen LogP contribution in [0.3, 0.4) is 0 Å². The zero-order valence-corrected chi connectivity index (χ0v) is 14.6. The first-order chi connectivity index (χ1) is 12.5. The van der Waals surface area contributed by atoms with Gasteiger partial charge in [0.05, 0.1) is 18.5 Å².